The van der Waals surface area contributed by atoms with E-state index in [4.69, 9.17) is 0 Å². The minimum Gasteiger partial charge on any atom is -0.355 e. The lowest BCUT2D eigenvalue weighted by molar-refractivity contribution is -0.120. The Morgan fingerprint density at radius 1 is 1.39 bits per heavy atom. The van der Waals surface area contributed by atoms with Crippen LogP contribution in [0.25, 0.3) is 5.52 Å². The Kier molecular flexibility index (Phi) is 3.23. The summed E-state index contributed by atoms with van der Waals surface area (Å²) in [5, 5.41) is 3.84. The van der Waals surface area contributed by atoms with Gasteiger partial charge in [0.25, 0.3) is 0 Å². The Bertz CT molecular complexity index is 566. The number of imidazole rings is 1. The Balaban J connectivity index is 1.85. The smallest absolute Gasteiger partial charge is 0.233 e. The summed E-state index contributed by atoms with van der Waals surface area (Å²) in [5.74, 6) is 0.144. The van der Waals surface area contributed by atoms with E-state index in [1.54, 1.807) is 11.8 Å². The van der Waals surface area contributed by atoms with E-state index < -0.39 is 0 Å². The molecule has 0 radical (unpaired) electrons. The predicted molar refractivity (Wildman–Crippen MR) is 71.7 cm³/mol. The molecule has 2 aromatic heterocycles. The minimum absolute atomic E-state index is 0.0155. The predicted octanol–water partition coefficient (Wildman–Crippen LogP) is 2.10. The quantitative estimate of drug-likeness (QED) is 0.900. The molecule has 1 N–H and O–H groups in total. The number of nitrogens with one attached hydrogen (secondary N) is 1. The first-order valence-corrected chi connectivity index (χ1v) is 7.09. The molecule has 1 atom stereocenters. The van der Waals surface area contributed by atoms with Crippen molar-refractivity contribution in [3.63, 3.8) is 0 Å². The van der Waals surface area contributed by atoms with Gasteiger partial charge < -0.3 is 5.32 Å². The molecule has 2 aromatic rings. The SMILES string of the molecule is O=C1NCCCCC1Sc1ncc2ccccn12. The van der Waals surface area contributed by atoms with Gasteiger partial charge in [0.15, 0.2) is 5.16 Å². The maximum absolute atomic E-state index is 11.9. The van der Waals surface area contributed by atoms with Crippen LogP contribution in [-0.2, 0) is 4.79 Å². The van der Waals surface area contributed by atoms with Gasteiger partial charge in [-0.3, -0.25) is 9.20 Å². The molecular formula is C13H15N3OS. The fourth-order valence-corrected chi connectivity index (χ4v) is 3.28. The summed E-state index contributed by atoms with van der Waals surface area (Å²) in [6, 6.07) is 5.99. The number of rotatable bonds is 2. The largest absolute Gasteiger partial charge is 0.355 e. The number of thioether (sulfide) groups is 1. The Morgan fingerprint density at radius 3 is 3.28 bits per heavy atom. The summed E-state index contributed by atoms with van der Waals surface area (Å²) >= 11 is 1.56. The zero-order valence-electron chi connectivity index (χ0n) is 10.0. The minimum atomic E-state index is -0.0155. The van der Waals surface area contributed by atoms with Gasteiger partial charge in [0.1, 0.15) is 0 Å². The van der Waals surface area contributed by atoms with E-state index in [1.807, 2.05) is 35.0 Å². The van der Waals surface area contributed by atoms with E-state index in [-0.39, 0.29) is 11.2 Å². The van der Waals surface area contributed by atoms with E-state index in [2.05, 4.69) is 10.3 Å². The number of carbonyl (C=O) groups is 1. The van der Waals surface area contributed by atoms with Crippen LogP contribution in [0, 0.1) is 0 Å². The highest BCUT2D eigenvalue weighted by molar-refractivity contribution is 8.00. The molecule has 4 nitrogen and oxygen atoms in total. The van der Waals surface area contributed by atoms with Crippen LogP contribution in [0.5, 0.6) is 0 Å². The number of aromatic nitrogens is 2. The highest BCUT2D eigenvalue weighted by Crippen LogP contribution is 2.27. The number of hydrogen-bond donors (Lipinski definition) is 1. The molecular weight excluding hydrogens is 246 g/mol. The number of fused-ring (bicyclic) bond motifs is 1. The molecule has 18 heavy (non-hydrogen) atoms. The molecule has 0 aromatic carbocycles. The number of hydrogen-bond acceptors (Lipinski definition) is 3. The summed E-state index contributed by atoms with van der Waals surface area (Å²) in [5.41, 5.74) is 1.06. The normalized spacial score (nSPS) is 20.7. The number of carbonyl (C=O) groups excluding carboxylic acids is 1. The number of nitrogens with zero attached hydrogens (tertiary/aromatic N) is 2. The third kappa shape index (κ3) is 2.22. The van der Waals surface area contributed by atoms with Gasteiger partial charge in [-0.1, -0.05) is 24.2 Å². The molecule has 1 amide bonds. The Morgan fingerprint density at radius 2 is 2.33 bits per heavy atom. The average Bonchev–Trinajstić information content (AvgIpc) is 2.69. The van der Waals surface area contributed by atoms with Crippen LogP contribution >= 0.6 is 11.8 Å². The summed E-state index contributed by atoms with van der Waals surface area (Å²) in [6.45, 7) is 0.804. The zero-order valence-corrected chi connectivity index (χ0v) is 10.8. The maximum atomic E-state index is 11.9. The molecule has 1 fully saturated rings. The molecule has 94 valence electrons. The van der Waals surface area contributed by atoms with E-state index in [0.717, 1.165) is 36.5 Å². The number of amides is 1. The fraction of sp³-hybridized carbons (Fsp3) is 0.385. The molecule has 0 spiro atoms. The van der Waals surface area contributed by atoms with E-state index in [9.17, 15) is 4.79 Å². The van der Waals surface area contributed by atoms with Crippen molar-refractivity contribution in [2.24, 2.45) is 0 Å². The third-order valence-electron chi connectivity index (χ3n) is 3.14. The van der Waals surface area contributed by atoms with Crippen LogP contribution in [0.15, 0.2) is 35.7 Å². The first-order chi connectivity index (χ1) is 8.84. The fourth-order valence-electron chi connectivity index (χ4n) is 2.16. The van der Waals surface area contributed by atoms with Gasteiger partial charge in [-0.15, -0.1) is 0 Å². The Labute approximate surface area is 110 Å². The maximum Gasteiger partial charge on any atom is 0.233 e. The lowest BCUT2D eigenvalue weighted by Crippen LogP contribution is -2.30. The number of pyridine rings is 1. The van der Waals surface area contributed by atoms with Crippen molar-refractivity contribution in [3.05, 3.63) is 30.6 Å². The van der Waals surface area contributed by atoms with E-state index in [0.29, 0.717) is 0 Å². The topological polar surface area (TPSA) is 46.4 Å². The van der Waals surface area contributed by atoms with Crippen LogP contribution in [0.2, 0.25) is 0 Å². The van der Waals surface area contributed by atoms with Crippen LogP contribution < -0.4 is 5.32 Å². The van der Waals surface area contributed by atoms with Gasteiger partial charge in [0.2, 0.25) is 5.91 Å². The van der Waals surface area contributed by atoms with Crippen LogP contribution in [0.4, 0.5) is 0 Å². The molecule has 3 heterocycles. The van der Waals surface area contributed by atoms with Crippen molar-refractivity contribution in [1.82, 2.24) is 14.7 Å². The monoisotopic (exact) mass is 261 g/mol. The summed E-state index contributed by atoms with van der Waals surface area (Å²) < 4.78 is 2.03. The van der Waals surface area contributed by atoms with Gasteiger partial charge in [-0.05, 0) is 25.0 Å². The van der Waals surface area contributed by atoms with E-state index in [1.165, 1.54) is 0 Å². The second-order valence-electron chi connectivity index (χ2n) is 4.43. The van der Waals surface area contributed by atoms with Crippen molar-refractivity contribution >= 4 is 23.2 Å². The van der Waals surface area contributed by atoms with E-state index >= 15 is 0 Å². The molecule has 5 heteroatoms. The van der Waals surface area contributed by atoms with Gasteiger partial charge in [0, 0.05) is 12.7 Å². The summed E-state index contributed by atoms with van der Waals surface area (Å²) in [4.78, 5) is 16.3. The van der Waals surface area contributed by atoms with Crippen molar-refractivity contribution < 1.29 is 4.79 Å². The average molecular weight is 261 g/mol. The summed E-state index contributed by atoms with van der Waals surface area (Å²) in [7, 11) is 0. The van der Waals surface area contributed by atoms with Crippen molar-refractivity contribution in [1.29, 1.82) is 0 Å². The first-order valence-electron chi connectivity index (χ1n) is 6.21. The third-order valence-corrected chi connectivity index (χ3v) is 4.38. The highest BCUT2D eigenvalue weighted by atomic mass is 32.2. The molecule has 1 unspecified atom stereocenters. The van der Waals surface area contributed by atoms with Crippen LogP contribution in [0.1, 0.15) is 19.3 Å². The molecule has 1 aliphatic rings. The van der Waals surface area contributed by atoms with Crippen molar-refractivity contribution in [2.45, 2.75) is 29.7 Å². The van der Waals surface area contributed by atoms with Gasteiger partial charge in [-0.2, -0.15) is 0 Å². The molecule has 0 bridgehead atoms. The second-order valence-corrected chi connectivity index (χ2v) is 5.60. The van der Waals surface area contributed by atoms with Crippen LogP contribution in [-0.4, -0.2) is 27.1 Å². The molecule has 0 aliphatic carbocycles. The van der Waals surface area contributed by atoms with Gasteiger partial charge in [-0.25, -0.2) is 4.98 Å². The standard InChI is InChI=1S/C13H15N3OS/c17-12-11(6-1-3-7-14-12)18-13-15-9-10-5-2-4-8-16(10)13/h2,4-5,8-9,11H,1,3,6-7H2,(H,14,17). The lowest BCUT2D eigenvalue weighted by Gasteiger charge is -2.11. The van der Waals surface area contributed by atoms with Gasteiger partial charge in [0.05, 0.1) is 17.0 Å². The van der Waals surface area contributed by atoms with Crippen LogP contribution in [0.3, 0.4) is 0 Å². The second kappa shape index (κ2) is 5.02. The summed E-state index contributed by atoms with van der Waals surface area (Å²) in [6.07, 6.45) is 6.93. The van der Waals surface area contributed by atoms with Crippen molar-refractivity contribution in [3.8, 4) is 0 Å². The molecule has 0 saturated carbocycles. The zero-order chi connectivity index (χ0) is 12.4. The highest BCUT2D eigenvalue weighted by Gasteiger charge is 2.23. The van der Waals surface area contributed by atoms with Crippen molar-refractivity contribution in [2.75, 3.05) is 6.54 Å². The lowest BCUT2D eigenvalue weighted by atomic mass is 10.2. The molecule has 1 aliphatic heterocycles. The molecule has 3 rings (SSSR count). The molecule has 1 saturated heterocycles. The van der Waals surface area contributed by atoms with Gasteiger partial charge >= 0.3 is 0 Å². The first kappa shape index (κ1) is 11.6. The Hall–Kier alpha value is -1.49.